The molecule has 32 heavy (non-hydrogen) atoms. The second-order valence-electron chi connectivity index (χ2n) is 6.91. The first-order chi connectivity index (χ1) is 15.7. The van der Waals surface area contributed by atoms with E-state index in [0.29, 0.717) is 39.3 Å². The molecule has 0 saturated heterocycles. The van der Waals surface area contributed by atoms with E-state index in [-0.39, 0.29) is 12.1 Å². The zero-order valence-corrected chi connectivity index (χ0v) is 17.9. The highest BCUT2D eigenvalue weighted by Gasteiger charge is 2.15. The molecule has 5 aromatic rings. The van der Waals surface area contributed by atoms with Crippen LogP contribution in [0, 0.1) is 0 Å². The summed E-state index contributed by atoms with van der Waals surface area (Å²) in [6.07, 6.45) is 1.58. The van der Waals surface area contributed by atoms with E-state index < -0.39 is 0 Å². The van der Waals surface area contributed by atoms with Crippen molar-refractivity contribution in [1.82, 2.24) is 19.7 Å². The Bertz CT molecular complexity index is 1410. The number of rotatable bonds is 7. The van der Waals surface area contributed by atoms with Crippen LogP contribution in [0.2, 0.25) is 0 Å². The van der Waals surface area contributed by atoms with Gasteiger partial charge in [0.05, 0.1) is 36.6 Å². The molecule has 0 unspecified atom stereocenters. The molecule has 0 aliphatic carbocycles. The van der Waals surface area contributed by atoms with Gasteiger partial charge >= 0.3 is 0 Å². The Morgan fingerprint density at radius 3 is 2.66 bits per heavy atom. The summed E-state index contributed by atoms with van der Waals surface area (Å²) in [7, 11) is 1.62. The van der Waals surface area contributed by atoms with Crippen LogP contribution in [-0.4, -0.2) is 26.8 Å². The highest BCUT2D eigenvalue weighted by Crippen LogP contribution is 2.25. The predicted molar refractivity (Wildman–Crippen MR) is 120 cm³/mol. The number of ether oxygens (including phenoxy) is 1. The lowest BCUT2D eigenvalue weighted by atomic mass is 10.2. The summed E-state index contributed by atoms with van der Waals surface area (Å²) in [5.41, 5.74) is 1.34. The minimum atomic E-state index is -0.126. The van der Waals surface area contributed by atoms with Crippen molar-refractivity contribution in [3.63, 3.8) is 0 Å². The molecule has 0 aliphatic rings. The number of hydrogen-bond donors (Lipinski definition) is 0. The quantitative estimate of drug-likeness (QED) is 0.268. The van der Waals surface area contributed by atoms with Crippen molar-refractivity contribution in [2.75, 3.05) is 7.11 Å². The van der Waals surface area contributed by atoms with E-state index in [1.165, 1.54) is 11.8 Å². The van der Waals surface area contributed by atoms with Crippen molar-refractivity contribution in [2.45, 2.75) is 17.5 Å². The number of para-hydroxylation sites is 1. The molecule has 0 N–H and O–H groups in total. The number of furan rings is 1. The van der Waals surface area contributed by atoms with Gasteiger partial charge in [-0.3, -0.25) is 9.36 Å². The molecule has 0 amide bonds. The average Bonchev–Trinajstić information content (AvgIpc) is 3.52. The van der Waals surface area contributed by atoms with Crippen LogP contribution in [0.1, 0.15) is 11.7 Å². The fraction of sp³-hybridized carbons (Fsp3) is 0.130. The topological polar surface area (TPSA) is 96.2 Å². The molecule has 0 radical (unpaired) electrons. The minimum absolute atomic E-state index is 0.126. The Kier molecular flexibility index (Phi) is 5.47. The molecule has 160 valence electrons. The number of benzene rings is 2. The Hall–Kier alpha value is -3.85. The van der Waals surface area contributed by atoms with E-state index in [1.807, 2.05) is 48.5 Å². The molecule has 3 heterocycles. The number of hydrogen-bond acceptors (Lipinski definition) is 8. The van der Waals surface area contributed by atoms with E-state index in [9.17, 15) is 4.79 Å². The van der Waals surface area contributed by atoms with Gasteiger partial charge in [0, 0.05) is 5.56 Å². The van der Waals surface area contributed by atoms with Crippen molar-refractivity contribution < 1.29 is 13.7 Å². The molecule has 0 saturated carbocycles. The van der Waals surface area contributed by atoms with Crippen LogP contribution >= 0.6 is 11.8 Å². The van der Waals surface area contributed by atoms with Gasteiger partial charge in [0.15, 0.2) is 5.16 Å². The highest BCUT2D eigenvalue weighted by molar-refractivity contribution is 7.98. The van der Waals surface area contributed by atoms with E-state index in [0.717, 1.165) is 11.3 Å². The minimum Gasteiger partial charge on any atom is -0.497 e. The third kappa shape index (κ3) is 4.02. The fourth-order valence-corrected chi connectivity index (χ4v) is 4.09. The second-order valence-corrected chi connectivity index (χ2v) is 7.85. The van der Waals surface area contributed by atoms with Crippen molar-refractivity contribution in [2.24, 2.45) is 0 Å². The van der Waals surface area contributed by atoms with Gasteiger partial charge in [-0.05, 0) is 48.5 Å². The first-order valence-corrected chi connectivity index (χ1v) is 10.8. The van der Waals surface area contributed by atoms with Gasteiger partial charge in [-0.1, -0.05) is 29.1 Å². The van der Waals surface area contributed by atoms with Gasteiger partial charge < -0.3 is 13.7 Å². The first-order valence-electron chi connectivity index (χ1n) is 9.83. The number of aromatic nitrogens is 4. The summed E-state index contributed by atoms with van der Waals surface area (Å²) in [6.45, 7) is 0.285. The zero-order valence-electron chi connectivity index (χ0n) is 17.1. The van der Waals surface area contributed by atoms with Crippen LogP contribution in [0.25, 0.3) is 22.3 Å². The maximum atomic E-state index is 13.1. The zero-order chi connectivity index (χ0) is 21.9. The molecule has 3 aromatic heterocycles. The Balaban J connectivity index is 1.42. The van der Waals surface area contributed by atoms with Gasteiger partial charge in [0.25, 0.3) is 5.56 Å². The molecular weight excluding hydrogens is 428 g/mol. The van der Waals surface area contributed by atoms with Gasteiger partial charge in [0.1, 0.15) is 11.5 Å². The molecule has 9 heteroatoms. The van der Waals surface area contributed by atoms with Crippen LogP contribution in [0.15, 0.2) is 85.8 Å². The Labute approximate surface area is 186 Å². The molecule has 8 nitrogen and oxygen atoms in total. The van der Waals surface area contributed by atoms with Crippen LogP contribution in [-0.2, 0) is 12.3 Å². The van der Waals surface area contributed by atoms with Crippen molar-refractivity contribution >= 4 is 22.7 Å². The predicted octanol–water partition coefficient (Wildman–Crippen LogP) is 4.39. The SMILES string of the molecule is COc1ccc(-c2noc(CSc3nc4ccccc4c(=O)n3Cc3ccco3)n2)cc1. The van der Waals surface area contributed by atoms with E-state index in [1.54, 1.807) is 30.1 Å². The summed E-state index contributed by atoms with van der Waals surface area (Å²) in [5, 5.41) is 5.17. The normalized spacial score (nSPS) is 11.2. The summed E-state index contributed by atoms with van der Waals surface area (Å²) in [5.74, 6) is 2.72. The molecule has 5 rings (SSSR count). The number of methoxy groups -OCH3 is 1. The fourth-order valence-electron chi connectivity index (χ4n) is 3.25. The molecule has 0 atom stereocenters. The van der Waals surface area contributed by atoms with E-state index in [2.05, 4.69) is 10.1 Å². The first kappa shape index (κ1) is 20.1. The number of thioether (sulfide) groups is 1. The van der Waals surface area contributed by atoms with Gasteiger partial charge in [0.2, 0.25) is 11.7 Å². The molecule has 0 fully saturated rings. The maximum Gasteiger partial charge on any atom is 0.262 e. The number of fused-ring (bicyclic) bond motifs is 1. The highest BCUT2D eigenvalue weighted by atomic mass is 32.2. The third-order valence-corrected chi connectivity index (χ3v) is 5.82. The second kappa shape index (κ2) is 8.72. The van der Waals surface area contributed by atoms with E-state index in [4.69, 9.17) is 18.7 Å². The summed E-state index contributed by atoms with van der Waals surface area (Å²) in [4.78, 5) is 22.3. The summed E-state index contributed by atoms with van der Waals surface area (Å²) >= 11 is 1.36. The van der Waals surface area contributed by atoms with Crippen LogP contribution in [0.3, 0.4) is 0 Å². The lowest BCUT2D eigenvalue weighted by Gasteiger charge is -2.11. The molecular formula is C23H18N4O4S. The largest absolute Gasteiger partial charge is 0.497 e. The Morgan fingerprint density at radius 2 is 1.88 bits per heavy atom. The summed E-state index contributed by atoms with van der Waals surface area (Å²) < 4.78 is 17.6. The Morgan fingerprint density at radius 1 is 1.03 bits per heavy atom. The monoisotopic (exact) mass is 446 g/mol. The molecule has 0 bridgehead atoms. The van der Waals surface area contributed by atoms with Crippen molar-refractivity contribution in [1.29, 1.82) is 0 Å². The van der Waals surface area contributed by atoms with Gasteiger partial charge in [-0.15, -0.1) is 0 Å². The molecule has 0 aliphatic heterocycles. The van der Waals surface area contributed by atoms with Crippen LogP contribution in [0.4, 0.5) is 0 Å². The average molecular weight is 446 g/mol. The van der Waals surface area contributed by atoms with Crippen LogP contribution in [0.5, 0.6) is 5.75 Å². The maximum absolute atomic E-state index is 13.1. The van der Waals surface area contributed by atoms with Crippen LogP contribution < -0.4 is 10.3 Å². The van der Waals surface area contributed by atoms with E-state index >= 15 is 0 Å². The lowest BCUT2D eigenvalue weighted by molar-refractivity contribution is 0.391. The lowest BCUT2D eigenvalue weighted by Crippen LogP contribution is -2.23. The molecule has 0 spiro atoms. The number of nitrogens with zero attached hydrogens (tertiary/aromatic N) is 4. The smallest absolute Gasteiger partial charge is 0.262 e. The van der Waals surface area contributed by atoms with Gasteiger partial charge in [-0.2, -0.15) is 4.98 Å². The van der Waals surface area contributed by atoms with Crippen molar-refractivity contribution in [3.05, 3.63) is 88.9 Å². The van der Waals surface area contributed by atoms with Crippen molar-refractivity contribution in [3.8, 4) is 17.1 Å². The molecule has 2 aromatic carbocycles. The standard InChI is InChI=1S/C23H18N4O4S/c1-29-16-10-8-15(9-11-16)21-25-20(31-26-21)14-32-23-24-19-7-3-2-6-18(19)22(28)27(23)13-17-5-4-12-30-17/h2-12H,13-14H2,1H3. The van der Waals surface area contributed by atoms with Gasteiger partial charge in [-0.25, -0.2) is 4.98 Å². The summed E-state index contributed by atoms with van der Waals surface area (Å²) in [6, 6.07) is 18.3. The third-order valence-electron chi connectivity index (χ3n) is 4.86.